The molecule has 21 heavy (non-hydrogen) atoms. The van der Waals surface area contributed by atoms with Crippen molar-refractivity contribution in [2.75, 3.05) is 0 Å². The Kier molecular flexibility index (Phi) is 3.60. The molecule has 0 saturated heterocycles. The van der Waals surface area contributed by atoms with E-state index in [1.54, 1.807) is 0 Å². The molecule has 4 heteroatoms. The maximum Gasteiger partial charge on any atom is 0.337 e. The van der Waals surface area contributed by atoms with Crippen LogP contribution in [0.4, 0.5) is 0 Å². The zero-order chi connectivity index (χ0) is 14.8. The van der Waals surface area contributed by atoms with E-state index in [2.05, 4.69) is 12.1 Å². The number of carbonyl (C=O) groups is 1. The summed E-state index contributed by atoms with van der Waals surface area (Å²) in [5, 5.41) is 9.05. The van der Waals surface area contributed by atoms with E-state index >= 15 is 0 Å². The molecule has 1 atom stereocenters. The van der Waals surface area contributed by atoms with Gasteiger partial charge >= 0.3 is 5.97 Å². The number of aryl methyl sites for hydroxylation is 1. The van der Waals surface area contributed by atoms with Gasteiger partial charge in [0.25, 0.3) is 5.56 Å². The number of pyridine rings is 1. The Hall–Kier alpha value is -2.36. The summed E-state index contributed by atoms with van der Waals surface area (Å²) in [4.78, 5) is 23.0. The highest BCUT2D eigenvalue weighted by Gasteiger charge is 2.20. The molecule has 0 amide bonds. The number of benzene rings is 1. The van der Waals surface area contributed by atoms with Gasteiger partial charge in [0.15, 0.2) is 0 Å². The van der Waals surface area contributed by atoms with Gasteiger partial charge in [-0.25, -0.2) is 4.79 Å². The van der Waals surface area contributed by atoms with Crippen LogP contribution >= 0.6 is 0 Å². The van der Waals surface area contributed by atoms with Gasteiger partial charge in [0.1, 0.15) is 0 Å². The molecule has 0 bridgehead atoms. The maximum absolute atomic E-state index is 11.9. The van der Waals surface area contributed by atoms with E-state index in [9.17, 15) is 9.59 Å². The van der Waals surface area contributed by atoms with Crippen molar-refractivity contribution in [1.82, 2.24) is 4.57 Å². The molecule has 0 aliphatic heterocycles. The molecular weight excluding hydrogens is 266 g/mol. The molecule has 108 valence electrons. The van der Waals surface area contributed by atoms with E-state index in [0.29, 0.717) is 6.54 Å². The normalized spacial score (nSPS) is 17.2. The number of aromatic carboxylic acids is 1. The third kappa shape index (κ3) is 2.75. The molecule has 0 radical (unpaired) electrons. The van der Waals surface area contributed by atoms with Crippen LogP contribution in [0.1, 0.15) is 40.2 Å². The molecule has 0 fully saturated rings. The van der Waals surface area contributed by atoms with E-state index in [1.807, 2.05) is 12.1 Å². The van der Waals surface area contributed by atoms with Gasteiger partial charge in [-0.3, -0.25) is 4.79 Å². The lowest BCUT2D eigenvalue weighted by Gasteiger charge is -2.26. The average Bonchev–Trinajstić information content (AvgIpc) is 2.49. The van der Waals surface area contributed by atoms with Crippen LogP contribution in [0, 0.1) is 0 Å². The maximum atomic E-state index is 11.9. The summed E-state index contributed by atoms with van der Waals surface area (Å²) < 4.78 is 1.52. The fraction of sp³-hybridized carbons (Fsp3) is 0.294. The topological polar surface area (TPSA) is 59.3 Å². The first-order valence-corrected chi connectivity index (χ1v) is 7.17. The fourth-order valence-corrected chi connectivity index (χ4v) is 3.08. The van der Waals surface area contributed by atoms with E-state index in [4.69, 9.17) is 5.11 Å². The summed E-state index contributed by atoms with van der Waals surface area (Å²) in [5.41, 5.74) is 2.63. The van der Waals surface area contributed by atoms with Gasteiger partial charge in [-0.15, -0.1) is 0 Å². The van der Waals surface area contributed by atoms with Crippen molar-refractivity contribution >= 4 is 5.97 Å². The highest BCUT2D eigenvalue weighted by molar-refractivity contribution is 5.87. The lowest BCUT2D eigenvalue weighted by atomic mass is 9.83. The molecule has 1 heterocycles. The first-order chi connectivity index (χ1) is 10.1. The number of fused-ring (bicyclic) bond motifs is 1. The second kappa shape index (κ2) is 5.56. The van der Waals surface area contributed by atoms with Gasteiger partial charge in [0.05, 0.1) is 5.56 Å². The highest BCUT2D eigenvalue weighted by atomic mass is 16.4. The standard InChI is InChI=1S/C17H17NO3/c19-16-9-8-14(17(20)21)11-18(16)10-13-6-3-5-12-4-1-2-7-15(12)13/h1-2,4,7-9,11,13H,3,5-6,10H2,(H,20,21). The Morgan fingerprint density at radius 3 is 2.86 bits per heavy atom. The van der Waals surface area contributed by atoms with E-state index in [-0.39, 0.29) is 17.0 Å². The molecule has 0 spiro atoms. The lowest BCUT2D eigenvalue weighted by molar-refractivity contribution is 0.0695. The number of hydrogen-bond acceptors (Lipinski definition) is 2. The third-order valence-electron chi connectivity index (χ3n) is 4.14. The molecule has 2 aromatic rings. The Labute approximate surface area is 122 Å². The molecule has 4 nitrogen and oxygen atoms in total. The van der Waals surface area contributed by atoms with Crippen LogP contribution in [0.2, 0.25) is 0 Å². The summed E-state index contributed by atoms with van der Waals surface area (Å²) in [6, 6.07) is 11.0. The molecule has 1 aliphatic rings. The SMILES string of the molecule is O=C(O)c1ccc(=O)n(CC2CCCc3ccccc32)c1. The van der Waals surface area contributed by atoms with Gasteiger partial charge in [-0.1, -0.05) is 24.3 Å². The fourth-order valence-electron chi connectivity index (χ4n) is 3.08. The molecule has 1 aliphatic carbocycles. The molecule has 0 saturated carbocycles. The molecule has 1 unspecified atom stereocenters. The largest absolute Gasteiger partial charge is 0.478 e. The van der Waals surface area contributed by atoms with Crippen LogP contribution in [0.15, 0.2) is 47.4 Å². The zero-order valence-electron chi connectivity index (χ0n) is 11.7. The third-order valence-corrected chi connectivity index (χ3v) is 4.14. The van der Waals surface area contributed by atoms with E-state index < -0.39 is 5.97 Å². The van der Waals surface area contributed by atoms with Crippen molar-refractivity contribution in [2.24, 2.45) is 0 Å². The summed E-state index contributed by atoms with van der Waals surface area (Å²) in [7, 11) is 0. The Morgan fingerprint density at radius 1 is 1.24 bits per heavy atom. The van der Waals surface area contributed by atoms with Crippen LogP contribution < -0.4 is 5.56 Å². The Balaban J connectivity index is 1.93. The van der Waals surface area contributed by atoms with Gasteiger partial charge in [-0.2, -0.15) is 0 Å². The summed E-state index contributed by atoms with van der Waals surface area (Å²) in [5.74, 6) is -0.732. The van der Waals surface area contributed by atoms with Crippen LogP contribution in [0.25, 0.3) is 0 Å². The smallest absolute Gasteiger partial charge is 0.337 e. The predicted molar refractivity (Wildman–Crippen MR) is 79.8 cm³/mol. The summed E-state index contributed by atoms with van der Waals surface area (Å²) in [6.45, 7) is 0.539. The monoisotopic (exact) mass is 283 g/mol. The van der Waals surface area contributed by atoms with Crippen LogP contribution in [-0.2, 0) is 13.0 Å². The van der Waals surface area contributed by atoms with Gasteiger partial charge in [0, 0.05) is 24.7 Å². The van der Waals surface area contributed by atoms with Gasteiger partial charge in [-0.05, 0) is 36.5 Å². The van der Waals surface area contributed by atoms with Gasteiger partial charge < -0.3 is 9.67 Å². The average molecular weight is 283 g/mol. The zero-order valence-corrected chi connectivity index (χ0v) is 11.7. The minimum absolute atomic E-state index is 0.150. The first-order valence-electron chi connectivity index (χ1n) is 7.17. The van der Waals surface area contributed by atoms with Crippen molar-refractivity contribution in [2.45, 2.75) is 31.7 Å². The summed E-state index contributed by atoms with van der Waals surface area (Å²) >= 11 is 0. The Bertz CT molecular complexity index is 733. The molecule has 3 rings (SSSR count). The van der Waals surface area contributed by atoms with Crippen LogP contribution in [-0.4, -0.2) is 15.6 Å². The number of carboxylic acid groups (broad SMARTS) is 1. The quantitative estimate of drug-likeness (QED) is 0.942. The van der Waals surface area contributed by atoms with Crippen molar-refractivity contribution in [3.8, 4) is 0 Å². The number of carboxylic acids is 1. The van der Waals surface area contributed by atoms with Crippen molar-refractivity contribution in [3.05, 3.63) is 69.6 Å². The van der Waals surface area contributed by atoms with Crippen molar-refractivity contribution in [3.63, 3.8) is 0 Å². The number of hydrogen-bond donors (Lipinski definition) is 1. The molecule has 1 aromatic carbocycles. The van der Waals surface area contributed by atoms with E-state index in [1.165, 1.54) is 34.0 Å². The minimum atomic E-state index is -1.01. The van der Waals surface area contributed by atoms with Crippen molar-refractivity contribution in [1.29, 1.82) is 0 Å². The molecule has 1 N–H and O–H groups in total. The van der Waals surface area contributed by atoms with Gasteiger partial charge in [0.2, 0.25) is 0 Å². The lowest BCUT2D eigenvalue weighted by Crippen LogP contribution is -2.25. The summed E-state index contributed by atoms with van der Waals surface area (Å²) in [6.07, 6.45) is 4.66. The Morgan fingerprint density at radius 2 is 2.05 bits per heavy atom. The predicted octanol–water partition coefficient (Wildman–Crippen LogP) is 2.67. The second-order valence-corrected chi connectivity index (χ2v) is 5.50. The van der Waals surface area contributed by atoms with Crippen LogP contribution in [0.5, 0.6) is 0 Å². The number of nitrogens with zero attached hydrogens (tertiary/aromatic N) is 1. The van der Waals surface area contributed by atoms with Crippen molar-refractivity contribution < 1.29 is 9.90 Å². The molecule has 1 aromatic heterocycles. The molecular formula is C17H17NO3. The van der Waals surface area contributed by atoms with E-state index in [0.717, 1.165) is 19.3 Å². The minimum Gasteiger partial charge on any atom is -0.478 e. The van der Waals surface area contributed by atoms with Crippen LogP contribution in [0.3, 0.4) is 0 Å². The second-order valence-electron chi connectivity index (χ2n) is 5.50. The number of aromatic nitrogens is 1. The number of rotatable bonds is 3. The highest BCUT2D eigenvalue weighted by Crippen LogP contribution is 2.32. The first kappa shape index (κ1) is 13.6.